The van der Waals surface area contributed by atoms with Crippen LogP contribution in [0.2, 0.25) is 0 Å². The van der Waals surface area contributed by atoms with Crippen LogP contribution in [0.25, 0.3) is 11.1 Å². The minimum atomic E-state index is -2.21. The van der Waals surface area contributed by atoms with Crippen LogP contribution >= 0.6 is 11.6 Å². The van der Waals surface area contributed by atoms with Crippen molar-refractivity contribution >= 4 is 65.7 Å². The number of hydrogen-bond donors (Lipinski definition) is 5. The lowest BCUT2D eigenvalue weighted by Gasteiger charge is -2.42. The number of rotatable bonds is 26. The SMILES string of the molecule is C=CCOC(=O)O[C@@H]1[C@@H](OC(=O)OCC=C)[C@H](Oc2ccc(CCl)cc2NC(=O)CCNC(=O)[C@H](CCCCNC(=O)OCC2c3ccccc3-c3ccccc32)NC(=O)OC(C)(C)C)O[C@H](C(=O)O)[C@H]1OC(=O)OCC=C. The van der Waals surface area contributed by atoms with Crippen LogP contribution < -0.4 is 26.0 Å². The Hall–Kier alpha value is -8.31. The van der Waals surface area contributed by atoms with Crippen LogP contribution in [-0.4, -0.2) is 135 Å². The van der Waals surface area contributed by atoms with Gasteiger partial charge in [0.25, 0.3) is 0 Å². The minimum absolute atomic E-state index is 0.0671. The summed E-state index contributed by atoms with van der Waals surface area (Å²) in [4.78, 5) is 104. The summed E-state index contributed by atoms with van der Waals surface area (Å²) < 4.78 is 53.7. The Labute approximate surface area is 454 Å². The van der Waals surface area contributed by atoms with Gasteiger partial charge >= 0.3 is 36.6 Å². The van der Waals surface area contributed by atoms with Gasteiger partial charge in [-0.2, -0.15) is 0 Å². The number of ether oxygens (including phenoxy) is 10. The number of carbonyl (C=O) groups is 8. The van der Waals surface area contributed by atoms with Gasteiger partial charge in [0, 0.05) is 31.3 Å². The lowest BCUT2D eigenvalue weighted by Crippen LogP contribution is -2.64. The molecule has 4 amide bonds. The molecule has 24 heteroatoms. The van der Waals surface area contributed by atoms with Crippen molar-refractivity contribution < 1.29 is 90.8 Å². The number of alkyl carbamates (subject to hydrolysis) is 2. The normalized spacial score (nSPS) is 17.6. The summed E-state index contributed by atoms with van der Waals surface area (Å²) in [7, 11) is 0. The zero-order chi connectivity index (χ0) is 56.8. The van der Waals surface area contributed by atoms with Crippen molar-refractivity contribution in [2.75, 3.05) is 44.8 Å². The Bertz CT molecular complexity index is 2600. The molecule has 1 saturated heterocycles. The number of anilines is 1. The van der Waals surface area contributed by atoms with Gasteiger partial charge < -0.3 is 73.7 Å². The summed E-state index contributed by atoms with van der Waals surface area (Å²) in [5.74, 6) is -3.54. The number of carbonyl (C=O) groups excluding carboxylic acids is 7. The second kappa shape index (κ2) is 29.8. The van der Waals surface area contributed by atoms with Crippen LogP contribution in [0.3, 0.4) is 0 Å². The third kappa shape index (κ3) is 18.2. The molecule has 3 aromatic rings. The Morgan fingerprint density at radius 3 is 1.86 bits per heavy atom. The van der Waals surface area contributed by atoms with Crippen molar-refractivity contribution in [1.82, 2.24) is 16.0 Å². The molecule has 0 spiro atoms. The fourth-order valence-electron chi connectivity index (χ4n) is 7.96. The Morgan fingerprint density at radius 1 is 0.718 bits per heavy atom. The maximum absolute atomic E-state index is 13.6. The Kier molecular flexibility index (Phi) is 23.2. The highest BCUT2D eigenvalue weighted by Crippen LogP contribution is 2.44. The van der Waals surface area contributed by atoms with Crippen molar-refractivity contribution in [3.63, 3.8) is 0 Å². The molecule has 3 aromatic carbocycles. The molecule has 0 unspecified atom stereocenters. The number of unbranched alkanes of at least 4 members (excludes halogenated alkanes) is 1. The Morgan fingerprint density at radius 2 is 1.29 bits per heavy atom. The van der Waals surface area contributed by atoms with Gasteiger partial charge in [-0.05, 0) is 80.0 Å². The minimum Gasteiger partial charge on any atom is -0.479 e. The van der Waals surface area contributed by atoms with Crippen molar-refractivity contribution in [2.24, 2.45) is 0 Å². The molecule has 2 aliphatic rings. The summed E-state index contributed by atoms with van der Waals surface area (Å²) in [6.07, 6.45) is -12.1. The van der Waals surface area contributed by atoms with E-state index in [1.54, 1.807) is 20.8 Å². The molecule has 0 bridgehead atoms. The number of carboxylic acids is 1. The molecule has 420 valence electrons. The molecule has 1 aliphatic heterocycles. The molecule has 0 aromatic heterocycles. The van der Waals surface area contributed by atoms with Crippen molar-refractivity contribution in [3.8, 4) is 16.9 Å². The monoisotopic (exact) mass is 1110 g/mol. The highest BCUT2D eigenvalue weighted by atomic mass is 35.5. The number of carboxylic acid groups (broad SMARTS) is 1. The summed E-state index contributed by atoms with van der Waals surface area (Å²) in [5, 5.41) is 20.9. The smallest absolute Gasteiger partial charge is 0.479 e. The van der Waals surface area contributed by atoms with Gasteiger partial charge in [0.2, 0.25) is 24.2 Å². The quantitative estimate of drug-likeness (QED) is 0.0168. The van der Waals surface area contributed by atoms with E-state index in [1.807, 2.05) is 48.5 Å². The molecule has 0 radical (unpaired) electrons. The van der Waals surface area contributed by atoms with Crippen molar-refractivity contribution in [1.29, 1.82) is 0 Å². The highest BCUT2D eigenvalue weighted by Gasteiger charge is 2.57. The van der Waals surface area contributed by atoms with E-state index in [0.29, 0.717) is 18.4 Å². The first-order valence-corrected chi connectivity index (χ1v) is 25.1. The fraction of sp³-hybridized carbons (Fsp3) is 0.407. The number of aliphatic carboxylic acids is 1. The molecular formula is C54H63ClN4O19. The largest absolute Gasteiger partial charge is 0.509 e. The van der Waals surface area contributed by atoms with Gasteiger partial charge in [-0.25, -0.2) is 28.8 Å². The van der Waals surface area contributed by atoms with E-state index >= 15 is 0 Å². The highest BCUT2D eigenvalue weighted by molar-refractivity contribution is 6.17. The number of amides is 4. The fourth-order valence-corrected chi connectivity index (χ4v) is 8.13. The van der Waals surface area contributed by atoms with E-state index < -0.39 is 90.8 Å². The van der Waals surface area contributed by atoms with Crippen LogP contribution in [0.1, 0.15) is 69.1 Å². The second-order valence-electron chi connectivity index (χ2n) is 18.2. The van der Waals surface area contributed by atoms with Gasteiger partial charge in [0.1, 0.15) is 43.8 Å². The van der Waals surface area contributed by atoms with Crippen LogP contribution in [0.4, 0.5) is 29.7 Å². The average Bonchev–Trinajstić information content (AvgIpc) is 3.77. The zero-order valence-electron chi connectivity index (χ0n) is 43.2. The first kappa shape index (κ1) is 60.6. The van der Waals surface area contributed by atoms with Crippen LogP contribution in [-0.2, 0) is 62.9 Å². The van der Waals surface area contributed by atoms with Gasteiger partial charge in [-0.1, -0.05) is 92.6 Å². The van der Waals surface area contributed by atoms with E-state index in [1.165, 1.54) is 36.4 Å². The Balaban J connectivity index is 1.24. The number of fused-ring (bicyclic) bond motifs is 3. The molecule has 78 heavy (non-hydrogen) atoms. The van der Waals surface area contributed by atoms with Gasteiger partial charge in [0.15, 0.2) is 18.3 Å². The first-order chi connectivity index (χ1) is 37.4. The average molecular weight is 1110 g/mol. The predicted molar refractivity (Wildman–Crippen MR) is 279 cm³/mol. The number of benzene rings is 3. The predicted octanol–water partition coefficient (Wildman–Crippen LogP) is 7.78. The summed E-state index contributed by atoms with van der Waals surface area (Å²) in [6, 6.07) is 19.0. The van der Waals surface area contributed by atoms with E-state index in [-0.39, 0.29) is 75.6 Å². The molecule has 1 fully saturated rings. The summed E-state index contributed by atoms with van der Waals surface area (Å²) >= 11 is 6.14. The first-order valence-electron chi connectivity index (χ1n) is 24.6. The molecular weight excluding hydrogens is 1040 g/mol. The van der Waals surface area contributed by atoms with Crippen LogP contribution in [0.15, 0.2) is 105 Å². The number of alkyl halides is 1. The van der Waals surface area contributed by atoms with Crippen LogP contribution in [0.5, 0.6) is 5.75 Å². The maximum Gasteiger partial charge on any atom is 0.509 e. The van der Waals surface area contributed by atoms with Crippen molar-refractivity contribution in [2.45, 2.75) is 101 Å². The molecule has 5 rings (SSSR count). The van der Waals surface area contributed by atoms with E-state index in [9.17, 15) is 43.5 Å². The van der Waals surface area contributed by atoms with Gasteiger partial charge in [0.05, 0.1) is 5.69 Å². The van der Waals surface area contributed by atoms with E-state index in [0.717, 1.165) is 22.3 Å². The standard InChI is InChI=1S/C54H63ClN4O19/c1-7-26-69-51(66)75-42-43(76-52(67)70-27-8-2)45(77-53(68)71-28-9-3)48(74-44(42)47(62)63)73-40-22-21-32(30-55)29-39(40)58-41(60)23-25-56-46(61)38(59-50(65)78-54(4,5)6)20-14-15-24-57-49(64)72-31-37-35-18-12-10-16-33(35)34-17-11-13-19-36(34)37/h7-13,16-19,21-22,29,37-38,42-45,48H,1-3,14-15,20,23-28,30-31H2,4-6H3,(H,56,61)(H,57,64)(H,58,60)(H,59,65)(H,62,63)/t38-,42-,43-,44-,45+,48+/m0/s1. The summed E-state index contributed by atoms with van der Waals surface area (Å²) in [5.41, 5.74) is 3.82. The topological polar surface area (TPSA) is 297 Å². The molecule has 0 saturated carbocycles. The van der Waals surface area contributed by atoms with Crippen LogP contribution in [0, 0.1) is 0 Å². The third-order valence-corrected chi connectivity index (χ3v) is 11.6. The lowest BCUT2D eigenvalue weighted by atomic mass is 9.98. The molecule has 5 N–H and O–H groups in total. The maximum atomic E-state index is 13.6. The summed E-state index contributed by atoms with van der Waals surface area (Å²) in [6.45, 7) is 14.2. The molecule has 1 heterocycles. The van der Waals surface area contributed by atoms with E-state index in [2.05, 4.69) is 41.0 Å². The number of hydrogen-bond acceptors (Lipinski definition) is 18. The molecule has 23 nitrogen and oxygen atoms in total. The lowest BCUT2D eigenvalue weighted by molar-refractivity contribution is -0.275. The molecule has 1 aliphatic carbocycles. The second-order valence-corrected chi connectivity index (χ2v) is 18.4. The molecule has 6 atom stereocenters. The number of halogens is 1. The zero-order valence-corrected chi connectivity index (χ0v) is 44.0. The van der Waals surface area contributed by atoms with Gasteiger partial charge in [-0.15, -0.1) is 11.6 Å². The third-order valence-electron chi connectivity index (χ3n) is 11.3. The van der Waals surface area contributed by atoms with Gasteiger partial charge in [-0.3, -0.25) is 9.59 Å². The van der Waals surface area contributed by atoms with E-state index in [4.69, 9.17) is 59.0 Å². The number of nitrogens with one attached hydrogen (secondary N) is 4. The van der Waals surface area contributed by atoms with Crippen molar-refractivity contribution in [3.05, 3.63) is 121 Å².